The second-order valence-corrected chi connectivity index (χ2v) is 5.47. The van der Waals surface area contributed by atoms with Crippen molar-refractivity contribution in [2.75, 3.05) is 16.4 Å². The molecule has 0 saturated carbocycles. The van der Waals surface area contributed by atoms with Crippen molar-refractivity contribution in [3.8, 4) is 0 Å². The lowest BCUT2D eigenvalue weighted by atomic mass is 10.3. The molecule has 3 nitrogen and oxygen atoms in total. The van der Waals surface area contributed by atoms with Crippen LogP contribution in [0.5, 0.6) is 0 Å². The molecule has 0 aliphatic carbocycles. The van der Waals surface area contributed by atoms with E-state index in [1.807, 2.05) is 0 Å². The number of halogens is 1. The Morgan fingerprint density at radius 2 is 2.10 bits per heavy atom. The van der Waals surface area contributed by atoms with Gasteiger partial charge in [0.05, 0.1) is 5.75 Å². The van der Waals surface area contributed by atoms with Gasteiger partial charge in [-0.3, -0.25) is 0 Å². The Bertz CT molecular complexity index is 178. The minimum atomic E-state index is -2.81. The van der Waals surface area contributed by atoms with Gasteiger partial charge in [-0.1, -0.05) is 22.6 Å². The quantitative estimate of drug-likeness (QED) is 0.589. The minimum absolute atomic E-state index is 0.0234. The molecule has 2 N–H and O–H groups in total. The summed E-state index contributed by atoms with van der Waals surface area (Å²) in [6.07, 6.45) is 1.80. The molecule has 0 aliphatic heterocycles. The van der Waals surface area contributed by atoms with Crippen LogP contribution in [-0.2, 0) is 9.84 Å². The van der Waals surface area contributed by atoms with Crippen molar-refractivity contribution in [2.45, 2.75) is 12.5 Å². The number of hydrogen-bond donors (Lipinski definition) is 1. The lowest BCUT2D eigenvalue weighted by molar-refractivity contribution is 0.594. The van der Waals surface area contributed by atoms with Crippen molar-refractivity contribution in [1.82, 2.24) is 0 Å². The van der Waals surface area contributed by atoms with Crippen molar-refractivity contribution in [1.29, 1.82) is 0 Å². The Hall–Kier alpha value is 0.640. The van der Waals surface area contributed by atoms with E-state index in [-0.39, 0.29) is 11.8 Å². The average molecular weight is 277 g/mol. The molecule has 1 atom stereocenters. The van der Waals surface area contributed by atoms with E-state index in [1.54, 1.807) is 0 Å². The normalized spacial score (nSPS) is 15.1. The molecule has 0 aromatic heterocycles. The third kappa shape index (κ3) is 6.76. The summed E-state index contributed by atoms with van der Waals surface area (Å²) in [5.41, 5.74) is 5.51. The maximum Gasteiger partial charge on any atom is 0.147 e. The summed E-state index contributed by atoms with van der Waals surface area (Å²) < 4.78 is 22.0. The molecule has 0 aliphatic rings. The smallest absolute Gasteiger partial charge is 0.147 e. The van der Waals surface area contributed by atoms with Crippen LogP contribution in [0.15, 0.2) is 0 Å². The largest absolute Gasteiger partial charge is 0.327 e. The zero-order valence-electron chi connectivity index (χ0n) is 5.88. The van der Waals surface area contributed by atoms with Crippen LogP contribution in [0.3, 0.4) is 0 Å². The van der Waals surface area contributed by atoms with E-state index in [0.29, 0.717) is 6.42 Å². The van der Waals surface area contributed by atoms with E-state index in [9.17, 15) is 8.42 Å². The van der Waals surface area contributed by atoms with Crippen LogP contribution in [0.25, 0.3) is 0 Å². The van der Waals surface area contributed by atoms with Crippen LogP contribution in [0.4, 0.5) is 0 Å². The summed E-state index contributed by atoms with van der Waals surface area (Å²) in [6, 6.07) is 0.0234. The topological polar surface area (TPSA) is 60.2 Å². The van der Waals surface area contributed by atoms with Crippen LogP contribution in [0.2, 0.25) is 0 Å². The summed E-state index contributed by atoms with van der Waals surface area (Å²) in [5, 5.41) is 0. The van der Waals surface area contributed by atoms with E-state index in [1.165, 1.54) is 6.26 Å². The van der Waals surface area contributed by atoms with Crippen molar-refractivity contribution in [2.24, 2.45) is 5.73 Å². The highest BCUT2D eigenvalue weighted by molar-refractivity contribution is 14.1. The molecule has 0 heterocycles. The van der Waals surface area contributed by atoms with Gasteiger partial charge in [0, 0.05) is 16.7 Å². The SMILES string of the molecule is CS(=O)(=O)CCC(N)CI. The van der Waals surface area contributed by atoms with Gasteiger partial charge < -0.3 is 5.73 Å². The van der Waals surface area contributed by atoms with Crippen molar-refractivity contribution < 1.29 is 8.42 Å². The molecule has 0 saturated heterocycles. The summed E-state index contributed by atoms with van der Waals surface area (Å²) in [7, 11) is -2.81. The molecule has 0 fully saturated rings. The van der Waals surface area contributed by atoms with Gasteiger partial charge in [0.2, 0.25) is 0 Å². The molecule has 0 spiro atoms. The lowest BCUT2D eigenvalue weighted by Crippen LogP contribution is -2.24. The second kappa shape index (κ2) is 4.50. The minimum Gasteiger partial charge on any atom is -0.327 e. The maximum absolute atomic E-state index is 10.6. The molecule has 0 bridgehead atoms. The molecule has 0 aromatic carbocycles. The number of hydrogen-bond acceptors (Lipinski definition) is 3. The Labute approximate surface area is 75.4 Å². The molecule has 1 unspecified atom stereocenters. The van der Waals surface area contributed by atoms with Crippen LogP contribution in [0.1, 0.15) is 6.42 Å². The Kier molecular flexibility index (Phi) is 4.79. The first kappa shape index (κ1) is 10.6. The van der Waals surface area contributed by atoms with E-state index < -0.39 is 9.84 Å². The fraction of sp³-hybridized carbons (Fsp3) is 1.00. The fourth-order valence-corrected chi connectivity index (χ4v) is 1.61. The summed E-state index contributed by atoms with van der Waals surface area (Å²) >= 11 is 2.15. The monoisotopic (exact) mass is 277 g/mol. The standard InChI is InChI=1S/C5H12INO2S/c1-10(8,9)3-2-5(7)4-6/h5H,2-4,7H2,1H3. The van der Waals surface area contributed by atoms with E-state index in [0.717, 1.165) is 4.43 Å². The first-order valence-corrected chi connectivity index (χ1v) is 6.53. The van der Waals surface area contributed by atoms with Gasteiger partial charge in [-0.15, -0.1) is 0 Å². The van der Waals surface area contributed by atoms with E-state index in [4.69, 9.17) is 5.73 Å². The van der Waals surface area contributed by atoms with Crippen LogP contribution < -0.4 is 5.73 Å². The Balaban J connectivity index is 3.56. The van der Waals surface area contributed by atoms with Gasteiger partial charge in [-0.25, -0.2) is 8.42 Å². The molecule has 0 rings (SSSR count). The van der Waals surface area contributed by atoms with Gasteiger partial charge in [-0.2, -0.15) is 0 Å². The predicted molar refractivity (Wildman–Crippen MR) is 51.2 cm³/mol. The van der Waals surface area contributed by atoms with Gasteiger partial charge in [0.1, 0.15) is 9.84 Å². The molecule has 10 heavy (non-hydrogen) atoms. The van der Waals surface area contributed by atoms with Crippen LogP contribution in [-0.4, -0.2) is 30.9 Å². The molecule has 0 aromatic rings. The molecular weight excluding hydrogens is 265 g/mol. The zero-order valence-corrected chi connectivity index (χ0v) is 8.85. The Morgan fingerprint density at radius 3 is 2.40 bits per heavy atom. The lowest BCUT2D eigenvalue weighted by Gasteiger charge is -2.04. The predicted octanol–water partition coefficient (Wildman–Crippen LogP) is 0.183. The number of alkyl halides is 1. The first-order chi connectivity index (χ1) is 4.45. The van der Waals surface area contributed by atoms with Crippen molar-refractivity contribution >= 4 is 32.4 Å². The van der Waals surface area contributed by atoms with Gasteiger partial charge in [-0.05, 0) is 6.42 Å². The fourth-order valence-electron chi connectivity index (χ4n) is 0.443. The van der Waals surface area contributed by atoms with Gasteiger partial charge >= 0.3 is 0 Å². The molecule has 62 valence electrons. The second-order valence-electron chi connectivity index (χ2n) is 2.33. The maximum atomic E-state index is 10.6. The van der Waals surface area contributed by atoms with E-state index >= 15 is 0 Å². The number of nitrogens with two attached hydrogens (primary N) is 1. The first-order valence-electron chi connectivity index (χ1n) is 2.95. The molecule has 0 amide bonds. The molecule has 5 heteroatoms. The highest BCUT2D eigenvalue weighted by Gasteiger charge is 2.05. The molecule has 0 radical (unpaired) electrons. The molecular formula is C5H12INO2S. The summed E-state index contributed by atoms with van der Waals surface area (Å²) in [4.78, 5) is 0. The third-order valence-corrected chi connectivity index (χ3v) is 3.17. The highest BCUT2D eigenvalue weighted by Crippen LogP contribution is 1.96. The third-order valence-electron chi connectivity index (χ3n) is 1.06. The summed E-state index contributed by atoms with van der Waals surface area (Å²) in [6.45, 7) is 0. The van der Waals surface area contributed by atoms with Crippen LogP contribution in [0, 0.1) is 0 Å². The summed E-state index contributed by atoms with van der Waals surface area (Å²) in [5.74, 6) is 0.206. The van der Waals surface area contributed by atoms with Gasteiger partial charge in [0.25, 0.3) is 0 Å². The number of rotatable bonds is 4. The van der Waals surface area contributed by atoms with E-state index in [2.05, 4.69) is 22.6 Å². The average Bonchev–Trinajstić information content (AvgIpc) is 1.81. The van der Waals surface area contributed by atoms with Crippen LogP contribution >= 0.6 is 22.6 Å². The number of sulfone groups is 1. The highest BCUT2D eigenvalue weighted by atomic mass is 127. The van der Waals surface area contributed by atoms with Crippen molar-refractivity contribution in [3.05, 3.63) is 0 Å². The van der Waals surface area contributed by atoms with Crippen molar-refractivity contribution in [3.63, 3.8) is 0 Å². The Morgan fingerprint density at radius 1 is 1.60 bits per heavy atom. The van der Waals surface area contributed by atoms with Gasteiger partial charge in [0.15, 0.2) is 0 Å². The zero-order chi connectivity index (χ0) is 8.20.